The Labute approximate surface area is 125 Å². The largest absolute Gasteiger partial charge is 0.349 e. The van der Waals surface area contributed by atoms with Crippen LogP contribution >= 0.6 is 39.1 Å². The maximum atomic E-state index is 12.1. The average molecular weight is 351 g/mol. The van der Waals surface area contributed by atoms with Crippen LogP contribution in [0.3, 0.4) is 0 Å². The van der Waals surface area contributed by atoms with Crippen LogP contribution in [-0.4, -0.2) is 10.2 Å². The van der Waals surface area contributed by atoms with Gasteiger partial charge in [0.25, 0.3) is 0 Å². The molecular formula is C13H14BrCl2NO. The second-order valence-electron chi connectivity index (χ2n) is 4.96. The second kappa shape index (κ2) is 4.69. The molecule has 0 aromatic heterocycles. The molecule has 1 fully saturated rings. The molecule has 1 saturated carbocycles. The van der Waals surface area contributed by atoms with Crippen molar-refractivity contribution in [2.75, 3.05) is 0 Å². The smallest absolute Gasteiger partial charge is 0.229 e. The fourth-order valence-corrected chi connectivity index (χ4v) is 2.81. The zero-order valence-electron chi connectivity index (χ0n) is 10.1. The monoisotopic (exact) mass is 349 g/mol. The summed E-state index contributed by atoms with van der Waals surface area (Å²) in [5.74, 6) is -0.0945. The number of benzene rings is 1. The highest BCUT2D eigenvalue weighted by atomic mass is 79.9. The third-order valence-corrected chi connectivity index (χ3v) is 5.11. The summed E-state index contributed by atoms with van der Waals surface area (Å²) >= 11 is 15.4. The maximum absolute atomic E-state index is 12.1. The SMILES string of the molecule is CC(NC(=O)C1(C)CC1(Cl)Cl)c1ccc(Br)cc1. The number of nitrogens with one attached hydrogen (secondary N) is 1. The Morgan fingerprint density at radius 3 is 2.33 bits per heavy atom. The molecule has 2 atom stereocenters. The molecular weight excluding hydrogens is 337 g/mol. The van der Waals surface area contributed by atoms with E-state index < -0.39 is 9.75 Å². The normalized spacial score (nSPS) is 26.5. The van der Waals surface area contributed by atoms with E-state index in [-0.39, 0.29) is 11.9 Å². The van der Waals surface area contributed by atoms with Crippen molar-refractivity contribution >= 4 is 45.0 Å². The van der Waals surface area contributed by atoms with Gasteiger partial charge in [-0.05, 0) is 38.0 Å². The van der Waals surface area contributed by atoms with Crippen LogP contribution in [0.25, 0.3) is 0 Å². The Balaban J connectivity index is 2.02. The van der Waals surface area contributed by atoms with E-state index in [2.05, 4.69) is 21.2 Å². The lowest BCUT2D eigenvalue weighted by atomic mass is 10.1. The first-order chi connectivity index (χ1) is 8.26. The van der Waals surface area contributed by atoms with Crippen molar-refractivity contribution in [2.45, 2.75) is 30.6 Å². The first-order valence-corrected chi connectivity index (χ1v) is 7.25. The Kier molecular flexibility index (Phi) is 3.69. The van der Waals surface area contributed by atoms with Crippen molar-refractivity contribution in [1.29, 1.82) is 0 Å². The highest BCUT2D eigenvalue weighted by Crippen LogP contribution is 2.63. The predicted molar refractivity (Wildman–Crippen MR) is 77.9 cm³/mol. The third-order valence-electron chi connectivity index (χ3n) is 3.48. The summed E-state index contributed by atoms with van der Waals surface area (Å²) in [6, 6.07) is 7.78. The van der Waals surface area contributed by atoms with Crippen LogP contribution < -0.4 is 5.32 Å². The molecule has 5 heteroatoms. The Morgan fingerprint density at radius 1 is 1.39 bits per heavy atom. The minimum absolute atomic E-state index is 0.0628. The van der Waals surface area contributed by atoms with Crippen LogP contribution in [-0.2, 0) is 4.79 Å². The van der Waals surface area contributed by atoms with Crippen LogP contribution in [0.15, 0.2) is 28.7 Å². The van der Waals surface area contributed by atoms with E-state index in [4.69, 9.17) is 23.2 Å². The van der Waals surface area contributed by atoms with E-state index >= 15 is 0 Å². The lowest BCUT2D eigenvalue weighted by Gasteiger charge is -2.18. The molecule has 0 aliphatic heterocycles. The highest BCUT2D eigenvalue weighted by molar-refractivity contribution is 9.10. The van der Waals surface area contributed by atoms with Gasteiger partial charge in [-0.25, -0.2) is 0 Å². The molecule has 2 unspecified atom stereocenters. The zero-order chi connectivity index (χ0) is 13.6. The Hall–Kier alpha value is -0.250. The number of alkyl halides is 2. The van der Waals surface area contributed by atoms with Crippen molar-refractivity contribution in [3.63, 3.8) is 0 Å². The number of rotatable bonds is 3. The number of carbonyl (C=O) groups is 1. The summed E-state index contributed by atoms with van der Waals surface area (Å²) in [7, 11) is 0. The van der Waals surface area contributed by atoms with Crippen LogP contribution in [0.2, 0.25) is 0 Å². The first-order valence-electron chi connectivity index (χ1n) is 5.70. The van der Waals surface area contributed by atoms with Gasteiger partial charge in [-0.3, -0.25) is 4.79 Å². The standard InChI is InChI=1S/C13H14BrCl2NO/c1-8(9-3-5-10(14)6-4-9)17-11(18)12(2)7-13(12,15)16/h3-6,8H,7H2,1-2H3,(H,17,18). The van der Waals surface area contributed by atoms with E-state index in [1.807, 2.05) is 31.2 Å². The number of carbonyl (C=O) groups excluding carboxylic acids is 1. The molecule has 0 heterocycles. The van der Waals surface area contributed by atoms with Gasteiger partial charge in [0.1, 0.15) is 4.33 Å². The van der Waals surface area contributed by atoms with Gasteiger partial charge in [-0.2, -0.15) is 0 Å². The topological polar surface area (TPSA) is 29.1 Å². The van der Waals surface area contributed by atoms with Gasteiger partial charge in [-0.1, -0.05) is 28.1 Å². The minimum Gasteiger partial charge on any atom is -0.349 e. The summed E-state index contributed by atoms with van der Waals surface area (Å²) in [6.07, 6.45) is 0.502. The fraction of sp³-hybridized carbons (Fsp3) is 0.462. The van der Waals surface area contributed by atoms with Crippen LogP contribution in [0.5, 0.6) is 0 Å². The summed E-state index contributed by atoms with van der Waals surface area (Å²) < 4.78 is 0.0933. The Morgan fingerprint density at radius 2 is 1.89 bits per heavy atom. The maximum Gasteiger partial charge on any atom is 0.229 e. The summed E-state index contributed by atoms with van der Waals surface area (Å²) in [5, 5.41) is 2.95. The number of hydrogen-bond acceptors (Lipinski definition) is 1. The molecule has 1 amide bonds. The molecule has 18 heavy (non-hydrogen) atoms. The van der Waals surface area contributed by atoms with E-state index in [0.717, 1.165) is 10.0 Å². The molecule has 1 N–H and O–H groups in total. The van der Waals surface area contributed by atoms with E-state index in [1.165, 1.54) is 0 Å². The van der Waals surface area contributed by atoms with Crippen LogP contribution in [0, 0.1) is 5.41 Å². The first kappa shape index (κ1) is 14.2. The lowest BCUT2D eigenvalue weighted by molar-refractivity contribution is -0.126. The summed E-state index contributed by atoms with van der Waals surface area (Å²) in [4.78, 5) is 12.1. The minimum atomic E-state index is -0.920. The van der Waals surface area contributed by atoms with E-state index in [9.17, 15) is 4.79 Å². The van der Waals surface area contributed by atoms with Crippen molar-refractivity contribution in [2.24, 2.45) is 5.41 Å². The van der Waals surface area contributed by atoms with Gasteiger partial charge < -0.3 is 5.32 Å². The molecule has 1 aliphatic rings. The van der Waals surface area contributed by atoms with Crippen molar-refractivity contribution in [3.05, 3.63) is 34.3 Å². The molecule has 2 nitrogen and oxygen atoms in total. The molecule has 2 rings (SSSR count). The van der Waals surface area contributed by atoms with Crippen LogP contribution in [0.4, 0.5) is 0 Å². The second-order valence-corrected chi connectivity index (χ2v) is 7.36. The summed E-state index contributed by atoms with van der Waals surface area (Å²) in [6.45, 7) is 3.73. The number of halogens is 3. The number of amides is 1. The molecule has 0 radical (unpaired) electrons. The van der Waals surface area contributed by atoms with E-state index in [0.29, 0.717) is 6.42 Å². The van der Waals surface area contributed by atoms with Crippen molar-refractivity contribution in [1.82, 2.24) is 5.32 Å². The zero-order valence-corrected chi connectivity index (χ0v) is 13.2. The van der Waals surface area contributed by atoms with Gasteiger partial charge in [0.15, 0.2) is 0 Å². The molecule has 1 aromatic rings. The van der Waals surface area contributed by atoms with Gasteiger partial charge in [0.05, 0.1) is 11.5 Å². The molecule has 1 aromatic carbocycles. The number of hydrogen-bond donors (Lipinski definition) is 1. The van der Waals surface area contributed by atoms with Crippen molar-refractivity contribution in [3.8, 4) is 0 Å². The molecule has 0 bridgehead atoms. The molecule has 0 spiro atoms. The molecule has 0 saturated heterocycles. The average Bonchev–Trinajstić information content (AvgIpc) is 2.80. The van der Waals surface area contributed by atoms with Gasteiger partial charge in [0.2, 0.25) is 5.91 Å². The molecule has 98 valence electrons. The molecule has 1 aliphatic carbocycles. The third kappa shape index (κ3) is 2.54. The van der Waals surface area contributed by atoms with Gasteiger partial charge >= 0.3 is 0 Å². The van der Waals surface area contributed by atoms with Crippen LogP contribution in [0.1, 0.15) is 31.9 Å². The van der Waals surface area contributed by atoms with Crippen molar-refractivity contribution < 1.29 is 4.79 Å². The highest BCUT2D eigenvalue weighted by Gasteiger charge is 2.67. The van der Waals surface area contributed by atoms with Gasteiger partial charge in [-0.15, -0.1) is 23.2 Å². The van der Waals surface area contributed by atoms with E-state index in [1.54, 1.807) is 6.92 Å². The lowest BCUT2D eigenvalue weighted by Crippen LogP contribution is -2.35. The van der Waals surface area contributed by atoms with Gasteiger partial charge in [0, 0.05) is 4.47 Å². The Bertz CT molecular complexity index is 474. The quantitative estimate of drug-likeness (QED) is 0.813. The fourth-order valence-electron chi connectivity index (χ4n) is 1.84. The predicted octanol–water partition coefficient (Wildman–Crippen LogP) is 4.21. The summed E-state index contributed by atoms with van der Waals surface area (Å²) in [5.41, 5.74) is 0.380.